The highest BCUT2D eigenvalue weighted by molar-refractivity contribution is 7.89. The fourth-order valence-corrected chi connectivity index (χ4v) is 4.39. The predicted molar refractivity (Wildman–Crippen MR) is 82.6 cm³/mol. The molecule has 122 valence electrons. The molecule has 1 aromatic heterocycles. The summed E-state index contributed by atoms with van der Waals surface area (Å²) in [5.74, 6) is 1.00. The zero-order valence-corrected chi connectivity index (χ0v) is 14.0. The van der Waals surface area contributed by atoms with Gasteiger partial charge in [0.05, 0.1) is 11.8 Å². The number of nitriles is 1. The van der Waals surface area contributed by atoms with Gasteiger partial charge in [-0.05, 0) is 33.1 Å². The molecule has 0 N–H and O–H groups in total. The van der Waals surface area contributed by atoms with E-state index in [1.54, 1.807) is 10.6 Å². The van der Waals surface area contributed by atoms with Crippen LogP contribution in [0.1, 0.15) is 57.3 Å². The Balaban J connectivity index is 2.09. The van der Waals surface area contributed by atoms with Crippen LogP contribution in [0.25, 0.3) is 0 Å². The number of piperidine rings is 1. The summed E-state index contributed by atoms with van der Waals surface area (Å²) in [5.41, 5.74) is 0. The lowest BCUT2D eigenvalue weighted by molar-refractivity contribution is 0.302. The van der Waals surface area contributed by atoms with Crippen molar-refractivity contribution in [3.63, 3.8) is 0 Å². The Bertz CT molecular complexity index is 632. The van der Waals surface area contributed by atoms with Crippen molar-refractivity contribution in [3.8, 4) is 6.07 Å². The molecule has 1 atom stereocenters. The number of unbranched alkanes of at least 4 members (excludes halogenated alkanes) is 1. The minimum atomic E-state index is -3.29. The standard InChI is InChI=1S/C14H23N5O2S/c1-12(2)19-11-16-17-14(19)13-6-5-8-18(10-13)22(20,21)9-4-3-7-15/h11-13H,3-6,8-10H2,1-2H3/t13-/m1/s1. The largest absolute Gasteiger partial charge is 0.315 e. The van der Waals surface area contributed by atoms with E-state index in [0.717, 1.165) is 18.7 Å². The summed E-state index contributed by atoms with van der Waals surface area (Å²) in [6.07, 6.45) is 4.13. The lowest BCUT2D eigenvalue weighted by atomic mass is 9.98. The van der Waals surface area contributed by atoms with Gasteiger partial charge in [0.2, 0.25) is 10.0 Å². The van der Waals surface area contributed by atoms with Gasteiger partial charge in [0.15, 0.2) is 0 Å². The van der Waals surface area contributed by atoms with Gasteiger partial charge in [0.1, 0.15) is 12.2 Å². The van der Waals surface area contributed by atoms with Crippen LogP contribution in [-0.2, 0) is 10.0 Å². The first-order chi connectivity index (χ1) is 10.5. The van der Waals surface area contributed by atoms with E-state index in [1.807, 2.05) is 10.6 Å². The minimum Gasteiger partial charge on any atom is -0.315 e. The molecule has 8 heteroatoms. The molecule has 1 fully saturated rings. The van der Waals surface area contributed by atoms with Gasteiger partial charge in [-0.25, -0.2) is 12.7 Å². The maximum Gasteiger partial charge on any atom is 0.214 e. The zero-order chi connectivity index (χ0) is 16.2. The molecule has 2 rings (SSSR count). The fraction of sp³-hybridized carbons (Fsp3) is 0.786. The minimum absolute atomic E-state index is 0.0458. The number of hydrogen-bond acceptors (Lipinski definition) is 5. The van der Waals surface area contributed by atoms with Crippen molar-refractivity contribution < 1.29 is 8.42 Å². The molecule has 0 aromatic carbocycles. The highest BCUT2D eigenvalue weighted by Gasteiger charge is 2.31. The fourth-order valence-electron chi connectivity index (χ4n) is 2.81. The van der Waals surface area contributed by atoms with Gasteiger partial charge in [0, 0.05) is 31.5 Å². The molecule has 0 amide bonds. The van der Waals surface area contributed by atoms with Crippen molar-refractivity contribution in [3.05, 3.63) is 12.2 Å². The molecule has 0 saturated carbocycles. The first kappa shape index (κ1) is 16.9. The molecule has 7 nitrogen and oxygen atoms in total. The molecule has 0 unspecified atom stereocenters. The van der Waals surface area contributed by atoms with Crippen molar-refractivity contribution >= 4 is 10.0 Å². The predicted octanol–water partition coefficient (Wildman–Crippen LogP) is 1.67. The van der Waals surface area contributed by atoms with Crippen LogP contribution in [0, 0.1) is 11.3 Å². The van der Waals surface area contributed by atoms with Gasteiger partial charge in [-0.2, -0.15) is 5.26 Å². The van der Waals surface area contributed by atoms with Crippen LogP contribution in [0.5, 0.6) is 0 Å². The second kappa shape index (κ2) is 7.20. The second-order valence-corrected chi connectivity index (χ2v) is 8.05. The third-order valence-corrected chi connectivity index (χ3v) is 5.91. The van der Waals surface area contributed by atoms with Crippen LogP contribution in [-0.4, -0.2) is 46.3 Å². The van der Waals surface area contributed by atoms with Crippen molar-refractivity contribution in [2.75, 3.05) is 18.8 Å². The molecular weight excluding hydrogens is 302 g/mol. The van der Waals surface area contributed by atoms with Crippen molar-refractivity contribution in [1.29, 1.82) is 5.26 Å². The van der Waals surface area contributed by atoms with Crippen LogP contribution in [0.2, 0.25) is 0 Å². The summed E-state index contributed by atoms with van der Waals surface area (Å²) >= 11 is 0. The number of nitrogens with zero attached hydrogens (tertiary/aromatic N) is 5. The normalized spacial score (nSPS) is 20.2. The molecule has 22 heavy (non-hydrogen) atoms. The van der Waals surface area contributed by atoms with Crippen LogP contribution < -0.4 is 0 Å². The molecule has 2 heterocycles. The molecule has 1 aliphatic heterocycles. The topological polar surface area (TPSA) is 91.9 Å². The van der Waals surface area contributed by atoms with E-state index in [1.165, 1.54) is 0 Å². The number of aromatic nitrogens is 3. The van der Waals surface area contributed by atoms with E-state index in [9.17, 15) is 8.42 Å². The van der Waals surface area contributed by atoms with Gasteiger partial charge in [-0.1, -0.05) is 0 Å². The second-order valence-electron chi connectivity index (χ2n) is 5.97. The van der Waals surface area contributed by atoms with E-state index in [4.69, 9.17) is 5.26 Å². The number of hydrogen-bond donors (Lipinski definition) is 0. The van der Waals surface area contributed by atoms with Gasteiger partial charge < -0.3 is 4.57 Å². The van der Waals surface area contributed by atoms with Gasteiger partial charge in [0.25, 0.3) is 0 Å². The highest BCUT2D eigenvalue weighted by Crippen LogP contribution is 2.28. The highest BCUT2D eigenvalue weighted by atomic mass is 32.2. The molecular formula is C14H23N5O2S. The lowest BCUT2D eigenvalue weighted by Crippen LogP contribution is -2.41. The maximum atomic E-state index is 12.4. The molecule has 1 aromatic rings. The van der Waals surface area contributed by atoms with E-state index >= 15 is 0 Å². The number of rotatable bonds is 6. The van der Waals surface area contributed by atoms with E-state index in [-0.39, 0.29) is 24.1 Å². The smallest absolute Gasteiger partial charge is 0.214 e. The van der Waals surface area contributed by atoms with Crippen LogP contribution in [0.4, 0.5) is 0 Å². The van der Waals surface area contributed by atoms with Gasteiger partial charge >= 0.3 is 0 Å². The number of sulfonamides is 1. The third kappa shape index (κ3) is 3.84. The molecule has 0 radical (unpaired) electrons. The van der Waals surface area contributed by atoms with E-state index < -0.39 is 10.0 Å². The summed E-state index contributed by atoms with van der Waals surface area (Å²) < 4.78 is 28.3. The van der Waals surface area contributed by atoms with Crippen molar-refractivity contribution in [2.45, 2.75) is 51.5 Å². The summed E-state index contributed by atoms with van der Waals surface area (Å²) in [6, 6.07) is 2.25. The van der Waals surface area contributed by atoms with E-state index in [0.29, 0.717) is 19.5 Å². The summed E-state index contributed by atoms with van der Waals surface area (Å²) in [7, 11) is -3.29. The zero-order valence-electron chi connectivity index (χ0n) is 13.1. The maximum absolute atomic E-state index is 12.4. The van der Waals surface area contributed by atoms with E-state index in [2.05, 4.69) is 24.0 Å². The molecule has 1 saturated heterocycles. The molecule has 1 aliphatic rings. The van der Waals surface area contributed by atoms with Gasteiger partial charge in [-0.3, -0.25) is 0 Å². The molecule has 0 spiro atoms. The monoisotopic (exact) mass is 325 g/mol. The molecule has 0 bridgehead atoms. The quantitative estimate of drug-likeness (QED) is 0.742. The van der Waals surface area contributed by atoms with Crippen molar-refractivity contribution in [1.82, 2.24) is 19.1 Å². The summed E-state index contributed by atoms with van der Waals surface area (Å²) in [5, 5.41) is 16.7. The average Bonchev–Trinajstić information content (AvgIpc) is 2.97. The van der Waals surface area contributed by atoms with Crippen LogP contribution in [0.15, 0.2) is 6.33 Å². The molecule has 0 aliphatic carbocycles. The third-order valence-electron chi connectivity index (χ3n) is 3.99. The Hall–Kier alpha value is -1.46. The Kier molecular flexibility index (Phi) is 5.53. The van der Waals surface area contributed by atoms with Crippen molar-refractivity contribution in [2.24, 2.45) is 0 Å². The lowest BCUT2D eigenvalue weighted by Gasteiger charge is -2.31. The summed E-state index contributed by atoms with van der Waals surface area (Å²) in [6.45, 7) is 5.14. The Labute approximate surface area is 132 Å². The SMILES string of the molecule is CC(C)n1cnnc1[C@@H]1CCCN(S(=O)(=O)CCCC#N)C1. The Morgan fingerprint density at radius 1 is 1.50 bits per heavy atom. The van der Waals surface area contributed by atoms with Crippen LogP contribution >= 0.6 is 0 Å². The Morgan fingerprint density at radius 2 is 2.27 bits per heavy atom. The first-order valence-corrected chi connectivity index (χ1v) is 9.31. The Morgan fingerprint density at radius 3 is 2.95 bits per heavy atom. The summed E-state index contributed by atoms with van der Waals surface area (Å²) in [4.78, 5) is 0. The van der Waals surface area contributed by atoms with Gasteiger partial charge in [-0.15, -0.1) is 10.2 Å². The first-order valence-electron chi connectivity index (χ1n) is 7.70. The average molecular weight is 325 g/mol. The van der Waals surface area contributed by atoms with Crippen LogP contribution in [0.3, 0.4) is 0 Å².